The molecule has 2 fully saturated rings. The highest BCUT2D eigenvalue weighted by molar-refractivity contribution is 7.90. The summed E-state index contributed by atoms with van der Waals surface area (Å²) in [5, 5.41) is 0.468. The number of nitrogens with one attached hydrogen (secondary N) is 1. The zero-order chi connectivity index (χ0) is 23.2. The number of ether oxygens (including phenoxy) is 1. The molecule has 1 N–H and O–H groups in total. The van der Waals surface area contributed by atoms with Crippen LogP contribution in [0.4, 0.5) is 5.69 Å². The molecule has 0 spiro atoms. The van der Waals surface area contributed by atoms with Gasteiger partial charge in [0.15, 0.2) is 0 Å². The van der Waals surface area contributed by atoms with E-state index in [2.05, 4.69) is 19.6 Å². The molecule has 1 aliphatic heterocycles. The summed E-state index contributed by atoms with van der Waals surface area (Å²) in [5.74, 6) is -0.173. The highest BCUT2D eigenvalue weighted by Gasteiger charge is 2.54. The standard InChI is InChI=1S/C24H26N4O4S/c1-16(2)32-22-19(14-17(15-26-22)28-12-5-13-28)24(9-10-24)23(29)27-33(30,31)21-8-3-7-20-18(21)6-4-11-25-20/h3-4,6-8,11,14-16H,5,9-10,12-13H2,1-2H3,(H,27,29). The van der Waals surface area contributed by atoms with Crippen molar-refractivity contribution in [2.45, 2.75) is 49.5 Å². The number of amides is 1. The molecule has 2 aromatic heterocycles. The number of fused-ring (bicyclic) bond motifs is 1. The Kier molecular flexibility index (Phi) is 5.23. The lowest BCUT2D eigenvalue weighted by Crippen LogP contribution is -2.40. The van der Waals surface area contributed by atoms with Gasteiger partial charge >= 0.3 is 0 Å². The summed E-state index contributed by atoms with van der Waals surface area (Å²) in [7, 11) is -4.10. The van der Waals surface area contributed by atoms with Crippen molar-refractivity contribution in [1.29, 1.82) is 0 Å². The number of carbonyl (C=O) groups is 1. The minimum Gasteiger partial charge on any atom is -0.475 e. The number of aromatic nitrogens is 2. The second kappa shape index (κ2) is 7.98. The van der Waals surface area contributed by atoms with Crippen molar-refractivity contribution in [3.8, 4) is 5.88 Å². The van der Waals surface area contributed by atoms with E-state index in [0.29, 0.717) is 35.2 Å². The maximum absolute atomic E-state index is 13.5. The average molecular weight is 467 g/mol. The molecule has 33 heavy (non-hydrogen) atoms. The third-order valence-electron chi connectivity index (χ3n) is 6.23. The van der Waals surface area contributed by atoms with Gasteiger partial charge in [-0.25, -0.2) is 18.1 Å². The smallest absolute Gasteiger partial charge is 0.264 e. The molecule has 5 rings (SSSR count). The molecule has 1 amide bonds. The molecule has 2 aliphatic rings. The van der Waals surface area contributed by atoms with Crippen LogP contribution in [0.25, 0.3) is 10.9 Å². The van der Waals surface area contributed by atoms with Gasteiger partial charge < -0.3 is 9.64 Å². The highest BCUT2D eigenvalue weighted by atomic mass is 32.2. The Morgan fingerprint density at radius 2 is 1.94 bits per heavy atom. The van der Waals surface area contributed by atoms with E-state index < -0.39 is 21.3 Å². The summed E-state index contributed by atoms with van der Waals surface area (Å²) in [6.07, 6.45) is 5.41. The predicted molar refractivity (Wildman–Crippen MR) is 125 cm³/mol. The molecule has 9 heteroatoms. The van der Waals surface area contributed by atoms with Crippen LogP contribution >= 0.6 is 0 Å². The number of nitrogens with zero attached hydrogens (tertiary/aromatic N) is 3. The Morgan fingerprint density at radius 3 is 2.61 bits per heavy atom. The second-order valence-corrected chi connectivity index (χ2v) is 10.5. The number of hydrogen-bond acceptors (Lipinski definition) is 7. The number of hydrogen-bond donors (Lipinski definition) is 1. The topological polar surface area (TPSA) is 101 Å². The fourth-order valence-corrected chi connectivity index (χ4v) is 5.45. The first-order valence-electron chi connectivity index (χ1n) is 11.1. The fraction of sp³-hybridized carbons (Fsp3) is 0.375. The zero-order valence-electron chi connectivity index (χ0n) is 18.6. The first kappa shape index (κ1) is 21.6. The highest BCUT2D eigenvalue weighted by Crippen LogP contribution is 2.52. The number of pyridine rings is 2. The summed E-state index contributed by atoms with van der Waals surface area (Å²) >= 11 is 0. The molecular formula is C24H26N4O4S. The van der Waals surface area contributed by atoms with Crippen molar-refractivity contribution in [3.05, 3.63) is 54.4 Å². The van der Waals surface area contributed by atoms with Gasteiger partial charge in [-0.2, -0.15) is 0 Å². The van der Waals surface area contributed by atoms with Crippen LogP contribution in [0.3, 0.4) is 0 Å². The van der Waals surface area contributed by atoms with Gasteiger partial charge in [-0.15, -0.1) is 0 Å². The van der Waals surface area contributed by atoms with Crippen LogP contribution in [0, 0.1) is 0 Å². The van der Waals surface area contributed by atoms with Crippen LogP contribution in [-0.2, 0) is 20.2 Å². The molecule has 0 radical (unpaired) electrons. The summed E-state index contributed by atoms with van der Waals surface area (Å²) in [5.41, 5.74) is 1.14. The first-order chi connectivity index (χ1) is 15.8. The molecule has 0 bridgehead atoms. The van der Waals surface area contributed by atoms with E-state index in [1.807, 2.05) is 19.9 Å². The van der Waals surface area contributed by atoms with E-state index in [1.165, 1.54) is 6.07 Å². The quantitative estimate of drug-likeness (QED) is 0.571. The summed E-state index contributed by atoms with van der Waals surface area (Å²) < 4.78 is 34.7. The lowest BCUT2D eigenvalue weighted by Gasteiger charge is -2.33. The molecular weight excluding hydrogens is 440 g/mol. The monoisotopic (exact) mass is 466 g/mol. The van der Waals surface area contributed by atoms with Crippen molar-refractivity contribution in [3.63, 3.8) is 0 Å². The van der Waals surface area contributed by atoms with Gasteiger partial charge in [0.05, 0.1) is 33.8 Å². The molecule has 3 aromatic rings. The molecule has 1 aromatic carbocycles. The molecule has 1 saturated carbocycles. The Morgan fingerprint density at radius 1 is 1.15 bits per heavy atom. The number of anilines is 1. The number of rotatable bonds is 7. The third-order valence-corrected chi connectivity index (χ3v) is 7.62. The van der Waals surface area contributed by atoms with Crippen LogP contribution in [0.15, 0.2) is 53.7 Å². The van der Waals surface area contributed by atoms with Gasteiger partial charge in [0.1, 0.15) is 0 Å². The van der Waals surface area contributed by atoms with Crippen molar-refractivity contribution >= 4 is 32.5 Å². The van der Waals surface area contributed by atoms with E-state index >= 15 is 0 Å². The summed E-state index contributed by atoms with van der Waals surface area (Å²) in [6.45, 7) is 5.67. The maximum atomic E-state index is 13.5. The van der Waals surface area contributed by atoms with Crippen LogP contribution in [0.5, 0.6) is 5.88 Å². The number of carbonyl (C=O) groups excluding carboxylic acids is 1. The molecule has 172 valence electrons. The van der Waals surface area contributed by atoms with E-state index in [1.54, 1.807) is 36.7 Å². The van der Waals surface area contributed by atoms with Gasteiger partial charge in [0.2, 0.25) is 11.8 Å². The van der Waals surface area contributed by atoms with Gasteiger partial charge in [-0.1, -0.05) is 6.07 Å². The van der Waals surface area contributed by atoms with E-state index in [-0.39, 0.29) is 11.0 Å². The minimum atomic E-state index is -4.10. The Hall–Kier alpha value is -3.20. The van der Waals surface area contributed by atoms with E-state index in [4.69, 9.17) is 4.74 Å². The lowest BCUT2D eigenvalue weighted by molar-refractivity contribution is -0.121. The molecule has 1 saturated heterocycles. The molecule has 0 unspecified atom stereocenters. The van der Waals surface area contributed by atoms with Gasteiger partial charge in [0.25, 0.3) is 10.0 Å². The third kappa shape index (κ3) is 3.90. The average Bonchev–Trinajstić information content (AvgIpc) is 3.54. The second-order valence-electron chi connectivity index (χ2n) is 8.90. The normalized spacial score (nSPS) is 17.0. The minimum absolute atomic E-state index is 0.0309. The molecule has 8 nitrogen and oxygen atoms in total. The maximum Gasteiger partial charge on any atom is 0.264 e. The molecule has 1 aliphatic carbocycles. The van der Waals surface area contributed by atoms with E-state index in [0.717, 1.165) is 25.2 Å². The Bertz CT molecular complexity index is 1330. The van der Waals surface area contributed by atoms with Crippen molar-refractivity contribution < 1.29 is 17.9 Å². The van der Waals surface area contributed by atoms with Crippen LogP contribution in [0.2, 0.25) is 0 Å². The number of benzene rings is 1. The Labute approximate surface area is 193 Å². The van der Waals surface area contributed by atoms with Crippen LogP contribution in [0.1, 0.15) is 38.7 Å². The van der Waals surface area contributed by atoms with Crippen LogP contribution in [-0.4, -0.2) is 43.5 Å². The van der Waals surface area contributed by atoms with Crippen LogP contribution < -0.4 is 14.4 Å². The van der Waals surface area contributed by atoms with Gasteiger partial charge in [0, 0.05) is 30.2 Å². The Balaban J connectivity index is 1.50. The predicted octanol–water partition coefficient (Wildman–Crippen LogP) is 3.16. The SMILES string of the molecule is CC(C)Oc1ncc(N2CCC2)cc1C1(C(=O)NS(=O)(=O)c2cccc3ncccc23)CC1. The van der Waals surface area contributed by atoms with Gasteiger partial charge in [-0.3, -0.25) is 9.78 Å². The van der Waals surface area contributed by atoms with Crippen molar-refractivity contribution in [2.75, 3.05) is 18.0 Å². The molecule has 3 heterocycles. The zero-order valence-corrected chi connectivity index (χ0v) is 19.4. The largest absolute Gasteiger partial charge is 0.475 e. The number of sulfonamides is 1. The fourth-order valence-electron chi connectivity index (χ4n) is 4.18. The van der Waals surface area contributed by atoms with Crippen molar-refractivity contribution in [1.82, 2.24) is 14.7 Å². The van der Waals surface area contributed by atoms with Gasteiger partial charge in [-0.05, 0) is 63.4 Å². The first-order valence-corrected chi connectivity index (χ1v) is 12.6. The summed E-state index contributed by atoms with van der Waals surface area (Å²) in [4.78, 5) is 24.4. The van der Waals surface area contributed by atoms with E-state index in [9.17, 15) is 13.2 Å². The lowest BCUT2D eigenvalue weighted by atomic mass is 9.95. The summed E-state index contributed by atoms with van der Waals surface area (Å²) in [6, 6.07) is 10.1. The van der Waals surface area contributed by atoms with Crippen molar-refractivity contribution in [2.24, 2.45) is 0 Å². The molecule has 0 atom stereocenters.